The Morgan fingerprint density at radius 2 is 2.19 bits per heavy atom. The van der Waals surface area contributed by atoms with Crippen molar-refractivity contribution >= 4 is 11.9 Å². The molecule has 0 aliphatic carbocycles. The molecule has 2 rings (SSSR count). The third-order valence-corrected chi connectivity index (χ3v) is 1.80. The maximum Gasteiger partial charge on any atom is 0.272 e. The summed E-state index contributed by atoms with van der Waals surface area (Å²) in [4.78, 5) is 11.6. The van der Waals surface area contributed by atoms with Crippen LogP contribution in [0.3, 0.4) is 0 Å². The number of hydrogen-bond donors (Lipinski definition) is 2. The summed E-state index contributed by atoms with van der Waals surface area (Å²) in [6.07, 6.45) is 3.39. The molecule has 16 heavy (non-hydrogen) atoms. The predicted octanol–water partition coefficient (Wildman–Crippen LogP) is 0.751. The van der Waals surface area contributed by atoms with E-state index in [0.29, 0.717) is 5.56 Å². The molecule has 1 aromatic carbocycles. The van der Waals surface area contributed by atoms with Crippen LogP contribution in [-0.4, -0.2) is 17.1 Å². The minimum atomic E-state index is -0.743. The van der Waals surface area contributed by atoms with Crippen molar-refractivity contribution in [2.45, 2.75) is 0 Å². The van der Waals surface area contributed by atoms with Gasteiger partial charge in [0.2, 0.25) is 5.97 Å². The van der Waals surface area contributed by atoms with Crippen LogP contribution in [0, 0.1) is 6.20 Å². The van der Waals surface area contributed by atoms with Crippen LogP contribution in [0.15, 0.2) is 41.5 Å². The maximum atomic E-state index is 12.7. The SMILES string of the molecule is O=C(NN1N=C(F)C=[C]N1)c1ccccc1. The molecule has 1 aliphatic heterocycles. The molecule has 0 aromatic heterocycles. The lowest BCUT2D eigenvalue weighted by Gasteiger charge is -2.20. The molecule has 2 N–H and O–H groups in total. The van der Waals surface area contributed by atoms with Gasteiger partial charge >= 0.3 is 0 Å². The van der Waals surface area contributed by atoms with Gasteiger partial charge in [-0.15, -0.1) is 10.3 Å². The second-order valence-corrected chi connectivity index (χ2v) is 2.94. The molecule has 81 valence electrons. The number of amides is 1. The van der Waals surface area contributed by atoms with Gasteiger partial charge in [-0.1, -0.05) is 18.2 Å². The zero-order valence-corrected chi connectivity index (χ0v) is 8.14. The molecular formula is C10H8FN4O. The van der Waals surface area contributed by atoms with E-state index in [1.165, 1.54) is 0 Å². The van der Waals surface area contributed by atoms with Crippen molar-refractivity contribution in [1.82, 2.24) is 16.1 Å². The molecule has 0 fully saturated rings. The number of hydrazine groups is 2. The number of hydrazone groups is 1. The van der Waals surface area contributed by atoms with Gasteiger partial charge in [0.1, 0.15) is 0 Å². The average molecular weight is 219 g/mol. The second kappa shape index (κ2) is 4.43. The average Bonchev–Trinajstić information content (AvgIpc) is 2.30. The highest BCUT2D eigenvalue weighted by Crippen LogP contribution is 1.99. The van der Waals surface area contributed by atoms with Crippen LogP contribution < -0.4 is 10.9 Å². The first-order chi connectivity index (χ1) is 7.75. The highest BCUT2D eigenvalue weighted by Gasteiger charge is 2.11. The summed E-state index contributed by atoms with van der Waals surface area (Å²) in [5.41, 5.74) is 5.21. The third kappa shape index (κ3) is 2.35. The second-order valence-electron chi connectivity index (χ2n) is 2.94. The van der Waals surface area contributed by atoms with Gasteiger partial charge in [0, 0.05) is 11.6 Å². The zero-order chi connectivity index (χ0) is 11.4. The first-order valence-electron chi connectivity index (χ1n) is 4.50. The monoisotopic (exact) mass is 219 g/mol. The first-order valence-corrected chi connectivity index (χ1v) is 4.50. The van der Waals surface area contributed by atoms with E-state index in [2.05, 4.69) is 22.2 Å². The molecule has 5 nitrogen and oxygen atoms in total. The largest absolute Gasteiger partial charge is 0.272 e. The molecule has 1 radical (unpaired) electrons. The highest BCUT2D eigenvalue weighted by atomic mass is 19.1. The van der Waals surface area contributed by atoms with E-state index >= 15 is 0 Å². The molecule has 1 aliphatic rings. The number of allylic oxidation sites excluding steroid dienone is 1. The fraction of sp³-hybridized carbons (Fsp3) is 0. The molecule has 1 amide bonds. The lowest BCUT2D eigenvalue weighted by molar-refractivity contribution is 0.0706. The maximum absolute atomic E-state index is 12.7. The Morgan fingerprint density at radius 1 is 1.44 bits per heavy atom. The number of rotatable bonds is 2. The standard InChI is InChI=1S/C10H8FN4O/c11-9-6-7-12-15(13-9)14-10(16)8-4-2-1-3-5-8/h1-6,12H,(H,14,16). The van der Waals surface area contributed by atoms with E-state index in [9.17, 15) is 9.18 Å². The Morgan fingerprint density at radius 3 is 2.88 bits per heavy atom. The number of benzene rings is 1. The van der Waals surface area contributed by atoms with Gasteiger partial charge in [-0.25, -0.2) is 5.43 Å². The van der Waals surface area contributed by atoms with Gasteiger partial charge in [0.25, 0.3) is 5.91 Å². The van der Waals surface area contributed by atoms with Crippen LogP contribution in [-0.2, 0) is 0 Å². The van der Waals surface area contributed by atoms with Gasteiger partial charge in [-0.2, -0.15) is 4.39 Å². The summed E-state index contributed by atoms with van der Waals surface area (Å²) in [5.74, 6) is -1.14. The Balaban J connectivity index is 2.01. The van der Waals surface area contributed by atoms with Gasteiger partial charge in [0.15, 0.2) is 0 Å². The Bertz CT molecular complexity index is 443. The summed E-state index contributed by atoms with van der Waals surface area (Å²) >= 11 is 0. The number of nitrogens with zero attached hydrogens (tertiary/aromatic N) is 2. The normalized spacial score (nSPS) is 14.1. The van der Waals surface area contributed by atoms with Crippen molar-refractivity contribution in [1.29, 1.82) is 0 Å². The molecule has 0 spiro atoms. The minimum Gasteiger partial charge on any atom is -0.267 e. The van der Waals surface area contributed by atoms with E-state index in [-0.39, 0.29) is 0 Å². The summed E-state index contributed by atoms with van der Waals surface area (Å²) < 4.78 is 12.7. The van der Waals surface area contributed by atoms with Crippen molar-refractivity contribution in [2.75, 3.05) is 0 Å². The Kier molecular flexibility index (Phi) is 2.81. The third-order valence-electron chi connectivity index (χ3n) is 1.80. The fourth-order valence-corrected chi connectivity index (χ4v) is 1.11. The van der Waals surface area contributed by atoms with Crippen LogP contribution >= 0.6 is 0 Å². The van der Waals surface area contributed by atoms with Gasteiger partial charge in [0.05, 0.1) is 6.20 Å². The molecule has 0 saturated heterocycles. The molecule has 0 atom stereocenters. The summed E-state index contributed by atoms with van der Waals surface area (Å²) in [6.45, 7) is 0. The van der Waals surface area contributed by atoms with Crippen LogP contribution in [0.1, 0.15) is 10.4 Å². The van der Waals surface area contributed by atoms with Crippen molar-refractivity contribution in [3.05, 3.63) is 48.2 Å². The number of halogens is 1. The predicted molar refractivity (Wildman–Crippen MR) is 55.2 cm³/mol. The number of hydrogen-bond acceptors (Lipinski definition) is 4. The molecule has 1 aromatic rings. The van der Waals surface area contributed by atoms with Gasteiger partial charge in [-0.05, 0) is 12.1 Å². The van der Waals surface area contributed by atoms with E-state index in [4.69, 9.17) is 0 Å². The fourth-order valence-electron chi connectivity index (χ4n) is 1.11. The van der Waals surface area contributed by atoms with Crippen LogP contribution in [0.2, 0.25) is 0 Å². The lowest BCUT2D eigenvalue weighted by Crippen LogP contribution is -2.46. The van der Waals surface area contributed by atoms with Crippen molar-refractivity contribution < 1.29 is 9.18 Å². The minimum absolute atomic E-state index is 0.395. The number of carbonyl (C=O) groups is 1. The van der Waals surface area contributed by atoms with Gasteiger partial charge < -0.3 is 0 Å². The van der Waals surface area contributed by atoms with Gasteiger partial charge in [-0.3, -0.25) is 10.2 Å². The molecule has 1 heterocycles. The van der Waals surface area contributed by atoms with Crippen LogP contribution in [0.5, 0.6) is 0 Å². The lowest BCUT2D eigenvalue weighted by atomic mass is 10.2. The summed E-state index contributed by atoms with van der Waals surface area (Å²) in [6, 6.07) is 8.53. The van der Waals surface area contributed by atoms with E-state index < -0.39 is 11.9 Å². The number of nitrogens with one attached hydrogen (secondary N) is 2. The highest BCUT2D eigenvalue weighted by molar-refractivity contribution is 5.94. The smallest absolute Gasteiger partial charge is 0.267 e. The van der Waals surface area contributed by atoms with Crippen molar-refractivity contribution in [2.24, 2.45) is 5.10 Å². The Labute approximate surface area is 91.2 Å². The van der Waals surface area contributed by atoms with Crippen molar-refractivity contribution in [3.8, 4) is 0 Å². The van der Waals surface area contributed by atoms with Crippen LogP contribution in [0.25, 0.3) is 0 Å². The van der Waals surface area contributed by atoms with Crippen molar-refractivity contribution in [3.63, 3.8) is 0 Å². The quantitative estimate of drug-likeness (QED) is 0.771. The Hall–Kier alpha value is -2.37. The van der Waals surface area contributed by atoms with E-state index in [1.54, 1.807) is 30.3 Å². The van der Waals surface area contributed by atoms with E-state index in [0.717, 1.165) is 11.3 Å². The van der Waals surface area contributed by atoms with E-state index in [1.807, 2.05) is 0 Å². The topological polar surface area (TPSA) is 56.7 Å². The molecule has 0 bridgehead atoms. The summed E-state index contributed by atoms with van der Waals surface area (Å²) in [5, 5.41) is 4.22. The molecule has 0 saturated carbocycles. The first kappa shape index (κ1) is 10.2. The molecular weight excluding hydrogens is 211 g/mol. The zero-order valence-electron chi connectivity index (χ0n) is 8.14. The molecule has 6 heteroatoms. The summed E-state index contributed by atoms with van der Waals surface area (Å²) in [7, 11) is 0. The van der Waals surface area contributed by atoms with Crippen LogP contribution in [0.4, 0.5) is 4.39 Å². The molecule has 0 unspecified atom stereocenters. The number of carbonyl (C=O) groups excluding carboxylic acids is 1.